The molecule has 0 saturated carbocycles. The molecule has 0 unspecified atom stereocenters. The van der Waals surface area contributed by atoms with Gasteiger partial charge in [0.1, 0.15) is 11.6 Å². The molecule has 0 N–H and O–H groups in total. The molecule has 1 fully saturated rings. The highest BCUT2D eigenvalue weighted by atomic mass is 32.2. The molecule has 9 heteroatoms. The zero-order valence-electron chi connectivity index (χ0n) is 13.3. The van der Waals surface area contributed by atoms with Crippen molar-refractivity contribution in [2.75, 3.05) is 26.2 Å². The minimum absolute atomic E-state index is 0.123. The van der Waals surface area contributed by atoms with Gasteiger partial charge >= 0.3 is 0 Å². The first-order valence-corrected chi connectivity index (χ1v) is 8.89. The maximum Gasteiger partial charge on any atom is 0.262 e. The number of piperazine rings is 1. The van der Waals surface area contributed by atoms with Crippen LogP contribution in [0, 0.1) is 6.92 Å². The molecule has 124 valence electrons. The lowest BCUT2D eigenvalue weighted by molar-refractivity contribution is 0.178. The predicted octanol–water partition coefficient (Wildman–Crippen LogP) is 0.0250. The van der Waals surface area contributed by atoms with Crippen LogP contribution in [0.25, 0.3) is 0 Å². The van der Waals surface area contributed by atoms with Crippen molar-refractivity contribution in [3.05, 3.63) is 36.3 Å². The van der Waals surface area contributed by atoms with Gasteiger partial charge in [-0.05, 0) is 13.0 Å². The average molecular weight is 336 g/mol. The molecule has 1 aliphatic heterocycles. The molecule has 0 aromatic carbocycles. The van der Waals surface area contributed by atoms with Crippen LogP contribution in [0.2, 0.25) is 0 Å². The third-order valence-electron chi connectivity index (χ3n) is 4.01. The largest absolute Gasteiger partial charge is 0.337 e. The molecule has 0 bridgehead atoms. The topological polar surface area (TPSA) is 84.2 Å². The van der Waals surface area contributed by atoms with E-state index in [9.17, 15) is 8.42 Å². The highest BCUT2D eigenvalue weighted by Crippen LogP contribution is 2.17. The smallest absolute Gasteiger partial charge is 0.262 e. The van der Waals surface area contributed by atoms with E-state index in [1.165, 1.54) is 4.31 Å². The fraction of sp³-hybridized carbons (Fsp3) is 0.500. The summed E-state index contributed by atoms with van der Waals surface area (Å²) in [4.78, 5) is 14.7. The molecular formula is C14H20N6O2S. The van der Waals surface area contributed by atoms with E-state index in [-0.39, 0.29) is 5.03 Å². The summed E-state index contributed by atoms with van der Waals surface area (Å²) in [6, 6.07) is 1.78. The third kappa shape index (κ3) is 3.41. The molecule has 0 amide bonds. The first kappa shape index (κ1) is 16.0. The Morgan fingerprint density at radius 3 is 2.35 bits per heavy atom. The van der Waals surface area contributed by atoms with E-state index in [1.807, 2.05) is 0 Å². The maximum atomic E-state index is 12.6. The summed E-state index contributed by atoms with van der Waals surface area (Å²) in [5.74, 6) is 1.44. The first-order valence-electron chi connectivity index (χ1n) is 7.45. The fourth-order valence-corrected chi connectivity index (χ4v) is 3.97. The van der Waals surface area contributed by atoms with Gasteiger partial charge in [-0.2, -0.15) is 4.31 Å². The number of rotatable bonds is 4. The Labute approximate surface area is 135 Å². The summed E-state index contributed by atoms with van der Waals surface area (Å²) < 4.78 is 28.5. The van der Waals surface area contributed by atoms with Gasteiger partial charge in [0.25, 0.3) is 10.0 Å². The van der Waals surface area contributed by atoms with Crippen LogP contribution in [0.5, 0.6) is 0 Å². The van der Waals surface area contributed by atoms with Gasteiger partial charge in [-0.1, -0.05) is 0 Å². The lowest BCUT2D eigenvalue weighted by atomic mass is 10.3. The second-order valence-corrected chi connectivity index (χ2v) is 7.47. The molecule has 0 atom stereocenters. The maximum absolute atomic E-state index is 12.6. The zero-order chi connectivity index (χ0) is 16.4. The van der Waals surface area contributed by atoms with Crippen LogP contribution in [0.15, 0.2) is 29.7 Å². The van der Waals surface area contributed by atoms with E-state index in [0.29, 0.717) is 38.5 Å². The molecule has 3 heterocycles. The number of sulfonamides is 1. The summed E-state index contributed by atoms with van der Waals surface area (Å²) in [7, 11) is -1.73. The van der Waals surface area contributed by atoms with Gasteiger partial charge in [0, 0.05) is 51.8 Å². The van der Waals surface area contributed by atoms with E-state index < -0.39 is 10.0 Å². The molecule has 2 aromatic rings. The van der Waals surface area contributed by atoms with Crippen LogP contribution in [0.4, 0.5) is 0 Å². The molecule has 0 aliphatic carbocycles. The molecule has 8 nitrogen and oxygen atoms in total. The van der Waals surface area contributed by atoms with Crippen molar-refractivity contribution in [3.63, 3.8) is 0 Å². The molecular weight excluding hydrogens is 316 g/mol. The minimum Gasteiger partial charge on any atom is -0.337 e. The molecule has 3 rings (SSSR count). The predicted molar refractivity (Wildman–Crippen MR) is 84.0 cm³/mol. The summed E-state index contributed by atoms with van der Waals surface area (Å²) in [5.41, 5.74) is 0. The molecule has 1 saturated heterocycles. The van der Waals surface area contributed by atoms with Crippen molar-refractivity contribution < 1.29 is 8.42 Å². The normalized spacial score (nSPS) is 17.5. The van der Waals surface area contributed by atoms with Crippen LogP contribution in [-0.4, -0.2) is 63.3 Å². The SMILES string of the molecule is Cc1nc(S(=O)(=O)N2CCN(Cc3ncccn3)CC2)cn1C. The summed E-state index contributed by atoms with van der Waals surface area (Å²) in [6.45, 7) is 4.64. The monoisotopic (exact) mass is 336 g/mol. The Balaban J connectivity index is 1.64. The van der Waals surface area contributed by atoms with E-state index in [2.05, 4.69) is 19.9 Å². The van der Waals surface area contributed by atoms with Gasteiger partial charge in [-0.15, -0.1) is 0 Å². The number of nitrogens with zero attached hydrogens (tertiary/aromatic N) is 6. The van der Waals surface area contributed by atoms with Gasteiger partial charge in [0.2, 0.25) is 0 Å². The van der Waals surface area contributed by atoms with Crippen LogP contribution in [-0.2, 0) is 23.6 Å². The van der Waals surface area contributed by atoms with Crippen molar-refractivity contribution in [1.29, 1.82) is 0 Å². The number of hydrogen-bond acceptors (Lipinski definition) is 6. The van der Waals surface area contributed by atoms with Crippen LogP contribution in [0.1, 0.15) is 11.6 Å². The first-order chi connectivity index (χ1) is 11.0. The Morgan fingerprint density at radius 2 is 1.78 bits per heavy atom. The zero-order valence-corrected chi connectivity index (χ0v) is 14.1. The highest BCUT2D eigenvalue weighted by molar-refractivity contribution is 7.89. The minimum atomic E-state index is -3.52. The van der Waals surface area contributed by atoms with Crippen LogP contribution >= 0.6 is 0 Å². The van der Waals surface area contributed by atoms with Crippen molar-refractivity contribution in [3.8, 4) is 0 Å². The van der Waals surface area contributed by atoms with Crippen molar-refractivity contribution in [1.82, 2.24) is 28.7 Å². The number of imidazole rings is 1. The van der Waals surface area contributed by atoms with Crippen molar-refractivity contribution >= 4 is 10.0 Å². The average Bonchev–Trinajstić information content (AvgIpc) is 2.89. The van der Waals surface area contributed by atoms with Gasteiger partial charge in [-0.3, -0.25) is 4.90 Å². The summed E-state index contributed by atoms with van der Waals surface area (Å²) in [5, 5.41) is 0.123. The molecule has 0 radical (unpaired) electrons. The summed E-state index contributed by atoms with van der Waals surface area (Å²) in [6.07, 6.45) is 4.99. The molecule has 2 aromatic heterocycles. The van der Waals surface area contributed by atoms with Gasteiger partial charge < -0.3 is 4.57 Å². The van der Waals surface area contributed by atoms with E-state index in [1.54, 1.807) is 43.2 Å². The Kier molecular flexibility index (Phi) is 4.42. The molecule has 23 heavy (non-hydrogen) atoms. The van der Waals surface area contributed by atoms with Crippen LogP contribution in [0.3, 0.4) is 0 Å². The third-order valence-corrected chi connectivity index (χ3v) is 5.78. The van der Waals surface area contributed by atoms with Crippen molar-refractivity contribution in [2.24, 2.45) is 7.05 Å². The van der Waals surface area contributed by atoms with Gasteiger partial charge in [0.15, 0.2) is 5.03 Å². The number of aryl methyl sites for hydroxylation is 2. The standard InChI is InChI=1S/C14H20N6O2S/c1-12-17-14(11-18(12)2)23(21,22)20-8-6-19(7-9-20)10-13-15-4-3-5-16-13/h3-5,11H,6-10H2,1-2H3. The summed E-state index contributed by atoms with van der Waals surface area (Å²) >= 11 is 0. The molecule has 0 spiro atoms. The van der Waals surface area contributed by atoms with Crippen molar-refractivity contribution in [2.45, 2.75) is 18.5 Å². The van der Waals surface area contributed by atoms with Crippen LogP contribution < -0.4 is 0 Å². The molecule has 1 aliphatic rings. The Bertz CT molecular complexity index is 746. The van der Waals surface area contributed by atoms with E-state index in [0.717, 1.165) is 5.82 Å². The second kappa shape index (κ2) is 6.34. The van der Waals surface area contributed by atoms with E-state index in [4.69, 9.17) is 0 Å². The Hall–Kier alpha value is -1.84. The van der Waals surface area contributed by atoms with Gasteiger partial charge in [0.05, 0.1) is 6.54 Å². The number of hydrogen-bond donors (Lipinski definition) is 0. The fourth-order valence-electron chi connectivity index (χ4n) is 2.52. The Morgan fingerprint density at radius 1 is 1.13 bits per heavy atom. The quantitative estimate of drug-likeness (QED) is 0.783. The lowest BCUT2D eigenvalue weighted by Crippen LogP contribution is -2.48. The number of aromatic nitrogens is 4. The highest BCUT2D eigenvalue weighted by Gasteiger charge is 2.30. The second-order valence-electron chi connectivity index (χ2n) is 5.58. The van der Waals surface area contributed by atoms with E-state index >= 15 is 0 Å². The lowest BCUT2D eigenvalue weighted by Gasteiger charge is -2.33. The van der Waals surface area contributed by atoms with Gasteiger partial charge in [-0.25, -0.2) is 23.4 Å².